The van der Waals surface area contributed by atoms with Gasteiger partial charge in [-0.2, -0.15) is 0 Å². The summed E-state index contributed by atoms with van der Waals surface area (Å²) in [6.45, 7) is 0. The molecule has 110 valence electrons. The fourth-order valence-electron chi connectivity index (χ4n) is 2.77. The molecule has 5 nitrogen and oxygen atoms in total. The van der Waals surface area contributed by atoms with Crippen molar-refractivity contribution in [3.05, 3.63) is 24.3 Å². The highest BCUT2D eigenvalue weighted by molar-refractivity contribution is 5.84. The summed E-state index contributed by atoms with van der Waals surface area (Å²) in [5, 5.41) is 3.08. The van der Waals surface area contributed by atoms with Gasteiger partial charge in [0.15, 0.2) is 0 Å². The van der Waals surface area contributed by atoms with Gasteiger partial charge in [0.05, 0.1) is 7.11 Å². The Hall–Kier alpha value is -1.75. The SMILES string of the molecule is CNC1(C(N)=O)CCCC(Oc2cccc(OC)c2)C1. The highest BCUT2D eigenvalue weighted by Gasteiger charge is 2.40. The van der Waals surface area contributed by atoms with Crippen molar-refractivity contribution in [3.8, 4) is 11.5 Å². The van der Waals surface area contributed by atoms with Gasteiger partial charge in [-0.25, -0.2) is 0 Å². The Kier molecular flexibility index (Phi) is 4.49. The minimum Gasteiger partial charge on any atom is -0.497 e. The third kappa shape index (κ3) is 3.04. The maximum absolute atomic E-state index is 11.7. The average molecular weight is 278 g/mol. The van der Waals surface area contributed by atoms with Gasteiger partial charge in [0.25, 0.3) is 0 Å². The van der Waals surface area contributed by atoms with Gasteiger partial charge in [-0.15, -0.1) is 0 Å². The quantitative estimate of drug-likeness (QED) is 0.855. The van der Waals surface area contributed by atoms with Gasteiger partial charge >= 0.3 is 0 Å². The van der Waals surface area contributed by atoms with Crippen LogP contribution in [-0.2, 0) is 4.79 Å². The first-order chi connectivity index (χ1) is 9.59. The molecule has 1 amide bonds. The van der Waals surface area contributed by atoms with Crippen LogP contribution in [0.2, 0.25) is 0 Å². The number of amides is 1. The van der Waals surface area contributed by atoms with E-state index in [1.54, 1.807) is 14.2 Å². The Morgan fingerprint density at radius 3 is 2.85 bits per heavy atom. The second kappa shape index (κ2) is 6.13. The van der Waals surface area contributed by atoms with E-state index >= 15 is 0 Å². The largest absolute Gasteiger partial charge is 0.497 e. The predicted molar refractivity (Wildman–Crippen MR) is 76.9 cm³/mol. The molecule has 2 unspecified atom stereocenters. The first-order valence-corrected chi connectivity index (χ1v) is 6.89. The lowest BCUT2D eigenvalue weighted by atomic mass is 9.79. The van der Waals surface area contributed by atoms with Crippen molar-refractivity contribution in [2.24, 2.45) is 5.73 Å². The molecule has 0 saturated heterocycles. The lowest BCUT2D eigenvalue weighted by Gasteiger charge is -2.38. The van der Waals surface area contributed by atoms with Gasteiger partial charge < -0.3 is 20.5 Å². The van der Waals surface area contributed by atoms with Crippen LogP contribution in [0.4, 0.5) is 0 Å². The minimum absolute atomic E-state index is 0.0178. The molecule has 1 aromatic rings. The molecule has 0 aliphatic heterocycles. The first kappa shape index (κ1) is 14.7. The third-order valence-corrected chi connectivity index (χ3v) is 4.00. The molecule has 1 saturated carbocycles. The molecule has 0 heterocycles. The van der Waals surface area contributed by atoms with Gasteiger partial charge in [-0.3, -0.25) is 4.79 Å². The summed E-state index contributed by atoms with van der Waals surface area (Å²) < 4.78 is 11.2. The number of hydrogen-bond acceptors (Lipinski definition) is 4. The van der Waals surface area contributed by atoms with Crippen molar-refractivity contribution in [1.82, 2.24) is 5.32 Å². The Bertz CT molecular complexity index is 478. The normalized spacial score (nSPS) is 26.0. The van der Waals surface area contributed by atoms with E-state index in [2.05, 4.69) is 5.32 Å². The Labute approximate surface area is 119 Å². The summed E-state index contributed by atoms with van der Waals surface area (Å²) in [5.41, 5.74) is 4.89. The number of primary amides is 1. The van der Waals surface area contributed by atoms with Crippen LogP contribution < -0.4 is 20.5 Å². The lowest BCUT2D eigenvalue weighted by Crippen LogP contribution is -2.58. The molecule has 0 aromatic heterocycles. The maximum atomic E-state index is 11.7. The van der Waals surface area contributed by atoms with E-state index < -0.39 is 5.54 Å². The zero-order chi connectivity index (χ0) is 14.6. The van der Waals surface area contributed by atoms with Gasteiger partial charge in [0.2, 0.25) is 5.91 Å². The predicted octanol–water partition coefficient (Wildman–Crippen LogP) is 1.46. The number of nitrogens with one attached hydrogen (secondary N) is 1. The number of rotatable bonds is 5. The van der Waals surface area contributed by atoms with Gasteiger partial charge in [-0.1, -0.05) is 6.07 Å². The van der Waals surface area contributed by atoms with Crippen molar-refractivity contribution in [2.75, 3.05) is 14.2 Å². The molecule has 1 aliphatic rings. The lowest BCUT2D eigenvalue weighted by molar-refractivity contribution is -0.126. The number of benzene rings is 1. The monoisotopic (exact) mass is 278 g/mol. The molecule has 1 fully saturated rings. The fraction of sp³-hybridized carbons (Fsp3) is 0.533. The van der Waals surface area contributed by atoms with Crippen molar-refractivity contribution in [3.63, 3.8) is 0 Å². The fourth-order valence-corrected chi connectivity index (χ4v) is 2.77. The Morgan fingerprint density at radius 1 is 1.45 bits per heavy atom. The van der Waals surface area contributed by atoms with Gasteiger partial charge in [-0.05, 0) is 38.4 Å². The van der Waals surface area contributed by atoms with Crippen molar-refractivity contribution in [1.29, 1.82) is 0 Å². The molecule has 1 aromatic carbocycles. The summed E-state index contributed by atoms with van der Waals surface area (Å²) in [6.07, 6.45) is 3.18. The molecule has 5 heteroatoms. The summed E-state index contributed by atoms with van der Waals surface area (Å²) in [7, 11) is 3.40. The van der Waals surface area contributed by atoms with Gasteiger partial charge in [0, 0.05) is 12.5 Å². The van der Waals surface area contributed by atoms with Crippen LogP contribution in [-0.4, -0.2) is 31.7 Å². The van der Waals surface area contributed by atoms with Crippen LogP contribution in [0.1, 0.15) is 25.7 Å². The van der Waals surface area contributed by atoms with E-state index in [1.807, 2.05) is 24.3 Å². The molecular weight excluding hydrogens is 256 g/mol. The maximum Gasteiger partial charge on any atom is 0.237 e. The van der Waals surface area contributed by atoms with E-state index in [1.165, 1.54) is 0 Å². The Balaban J connectivity index is 2.07. The molecular formula is C15H22N2O3. The van der Waals surface area contributed by atoms with Crippen LogP contribution in [0.5, 0.6) is 11.5 Å². The van der Waals surface area contributed by atoms with E-state index in [4.69, 9.17) is 15.2 Å². The van der Waals surface area contributed by atoms with Crippen LogP contribution in [0.3, 0.4) is 0 Å². The zero-order valence-corrected chi connectivity index (χ0v) is 12.0. The van der Waals surface area contributed by atoms with Crippen molar-refractivity contribution >= 4 is 5.91 Å². The molecule has 3 N–H and O–H groups in total. The summed E-state index contributed by atoms with van der Waals surface area (Å²) >= 11 is 0. The smallest absolute Gasteiger partial charge is 0.237 e. The van der Waals surface area contributed by atoms with Crippen LogP contribution in [0.15, 0.2) is 24.3 Å². The second-order valence-electron chi connectivity index (χ2n) is 5.21. The summed E-state index contributed by atoms with van der Waals surface area (Å²) in [6, 6.07) is 7.49. The first-order valence-electron chi connectivity index (χ1n) is 6.89. The number of carbonyl (C=O) groups is 1. The number of nitrogens with two attached hydrogens (primary N) is 1. The Morgan fingerprint density at radius 2 is 2.20 bits per heavy atom. The number of likely N-dealkylation sites (N-methyl/N-ethyl adjacent to an activating group) is 1. The van der Waals surface area contributed by atoms with Gasteiger partial charge in [0.1, 0.15) is 23.1 Å². The molecule has 0 radical (unpaired) electrons. The number of hydrogen-bond donors (Lipinski definition) is 2. The topological polar surface area (TPSA) is 73.6 Å². The molecule has 0 spiro atoms. The van der Waals surface area contributed by atoms with E-state index in [-0.39, 0.29) is 12.0 Å². The number of carbonyl (C=O) groups excluding carboxylic acids is 1. The number of ether oxygens (including phenoxy) is 2. The second-order valence-corrected chi connectivity index (χ2v) is 5.21. The molecule has 2 atom stereocenters. The van der Waals surface area contributed by atoms with Crippen LogP contribution in [0.25, 0.3) is 0 Å². The van der Waals surface area contributed by atoms with E-state index in [0.29, 0.717) is 6.42 Å². The van der Waals surface area contributed by atoms with E-state index in [9.17, 15) is 4.79 Å². The zero-order valence-electron chi connectivity index (χ0n) is 12.0. The summed E-state index contributed by atoms with van der Waals surface area (Å²) in [5.74, 6) is 1.21. The standard InChI is InChI=1S/C15H22N2O3/c1-17-15(14(16)18)8-4-7-13(10-15)20-12-6-3-5-11(9-12)19-2/h3,5-6,9,13,17H,4,7-8,10H2,1-2H3,(H2,16,18). The minimum atomic E-state index is -0.651. The van der Waals surface area contributed by atoms with Crippen LogP contribution >= 0.6 is 0 Å². The average Bonchev–Trinajstić information content (AvgIpc) is 2.47. The molecule has 2 rings (SSSR count). The highest BCUT2D eigenvalue weighted by atomic mass is 16.5. The summed E-state index contributed by atoms with van der Waals surface area (Å²) in [4.78, 5) is 11.7. The van der Waals surface area contributed by atoms with E-state index in [0.717, 1.165) is 30.8 Å². The molecule has 1 aliphatic carbocycles. The number of methoxy groups -OCH3 is 1. The van der Waals surface area contributed by atoms with Crippen molar-refractivity contribution in [2.45, 2.75) is 37.3 Å². The molecule has 20 heavy (non-hydrogen) atoms. The third-order valence-electron chi connectivity index (χ3n) is 4.00. The van der Waals surface area contributed by atoms with Crippen molar-refractivity contribution < 1.29 is 14.3 Å². The highest BCUT2D eigenvalue weighted by Crippen LogP contribution is 2.31. The molecule has 0 bridgehead atoms. The van der Waals surface area contributed by atoms with Crippen LogP contribution in [0, 0.1) is 0 Å².